The first-order valence-electron chi connectivity index (χ1n) is 9.47. The Kier molecular flexibility index (Phi) is 5.57. The minimum Gasteiger partial charge on any atom is -0.338 e. The lowest BCUT2D eigenvalue weighted by atomic mass is 9.95. The number of carbonyl (C=O) groups is 1. The molecule has 134 valence electrons. The number of carbonyl (C=O) groups excluding carboxylic acids is 1. The Labute approximate surface area is 150 Å². The van der Waals surface area contributed by atoms with Gasteiger partial charge < -0.3 is 9.47 Å². The van der Waals surface area contributed by atoms with Crippen LogP contribution in [0.4, 0.5) is 0 Å². The van der Waals surface area contributed by atoms with Crippen LogP contribution in [0.2, 0.25) is 0 Å². The number of benzene rings is 1. The van der Waals surface area contributed by atoms with Crippen LogP contribution in [0.5, 0.6) is 0 Å². The van der Waals surface area contributed by atoms with Gasteiger partial charge in [0.25, 0.3) is 5.91 Å². The fraction of sp³-hybridized carbons (Fsp3) is 0.524. The maximum atomic E-state index is 13.0. The molecule has 0 unspecified atom stereocenters. The van der Waals surface area contributed by atoms with Gasteiger partial charge in [0.15, 0.2) is 0 Å². The van der Waals surface area contributed by atoms with Crippen molar-refractivity contribution >= 4 is 5.91 Å². The molecule has 0 bridgehead atoms. The van der Waals surface area contributed by atoms with Crippen LogP contribution in [0.3, 0.4) is 0 Å². The molecule has 3 rings (SSSR count). The summed E-state index contributed by atoms with van der Waals surface area (Å²) in [7, 11) is 0. The molecule has 0 saturated carbocycles. The second-order valence-corrected chi connectivity index (χ2v) is 7.24. The van der Waals surface area contributed by atoms with Gasteiger partial charge in [0.05, 0.1) is 0 Å². The van der Waals surface area contributed by atoms with Gasteiger partial charge in [-0.2, -0.15) is 0 Å². The molecule has 4 heteroatoms. The maximum absolute atomic E-state index is 13.0. The number of rotatable bonds is 5. The molecule has 1 aromatic heterocycles. The van der Waals surface area contributed by atoms with Crippen LogP contribution in [0, 0.1) is 13.8 Å². The number of piperidine rings is 1. The van der Waals surface area contributed by atoms with E-state index in [0.717, 1.165) is 49.4 Å². The van der Waals surface area contributed by atoms with Crippen LogP contribution in [0.1, 0.15) is 65.8 Å². The normalized spacial score (nSPS) is 17.7. The van der Waals surface area contributed by atoms with Crippen LogP contribution >= 0.6 is 0 Å². The van der Waals surface area contributed by atoms with Gasteiger partial charge in [-0.05, 0) is 44.7 Å². The van der Waals surface area contributed by atoms with Gasteiger partial charge in [-0.25, -0.2) is 4.98 Å². The summed E-state index contributed by atoms with van der Waals surface area (Å²) in [6, 6.07) is 6.09. The summed E-state index contributed by atoms with van der Waals surface area (Å²) < 4.78 is 2.28. The van der Waals surface area contributed by atoms with Crippen LogP contribution in [-0.2, 0) is 6.54 Å². The number of nitrogens with zero attached hydrogens (tertiary/aromatic N) is 3. The molecule has 25 heavy (non-hydrogen) atoms. The third-order valence-corrected chi connectivity index (χ3v) is 5.19. The van der Waals surface area contributed by atoms with E-state index in [2.05, 4.69) is 35.7 Å². The molecule has 1 amide bonds. The Hall–Kier alpha value is -2.10. The highest BCUT2D eigenvalue weighted by molar-refractivity contribution is 5.95. The average Bonchev–Trinajstić information content (AvgIpc) is 3.08. The van der Waals surface area contributed by atoms with E-state index in [1.54, 1.807) is 0 Å². The minimum absolute atomic E-state index is 0.161. The smallest absolute Gasteiger partial charge is 0.254 e. The molecule has 0 radical (unpaired) electrons. The summed E-state index contributed by atoms with van der Waals surface area (Å²) in [5.41, 5.74) is 3.10. The molecule has 1 aromatic carbocycles. The zero-order valence-corrected chi connectivity index (χ0v) is 15.7. The number of imidazole rings is 1. The number of aromatic nitrogens is 2. The summed E-state index contributed by atoms with van der Waals surface area (Å²) in [5.74, 6) is 1.65. The standard InChI is InChI=1S/C21H29N3O/c1-4-5-11-23-13-10-22-20(23)18-7-6-12-24(15-18)21(25)19-9-8-16(2)14-17(19)3/h8-10,13-14,18H,4-7,11-12,15H2,1-3H3/t18-/m0/s1. The van der Waals surface area contributed by atoms with E-state index in [9.17, 15) is 4.79 Å². The van der Waals surface area contributed by atoms with E-state index in [4.69, 9.17) is 0 Å². The zero-order chi connectivity index (χ0) is 17.8. The molecular formula is C21H29N3O. The lowest BCUT2D eigenvalue weighted by Gasteiger charge is -2.33. The fourth-order valence-electron chi connectivity index (χ4n) is 3.79. The van der Waals surface area contributed by atoms with Crippen molar-refractivity contribution in [1.82, 2.24) is 14.5 Å². The topological polar surface area (TPSA) is 38.1 Å². The number of hydrogen-bond acceptors (Lipinski definition) is 2. The molecule has 2 aromatic rings. The molecule has 1 atom stereocenters. The first-order chi connectivity index (χ1) is 12.1. The fourth-order valence-corrected chi connectivity index (χ4v) is 3.79. The van der Waals surface area contributed by atoms with Crippen molar-refractivity contribution in [3.63, 3.8) is 0 Å². The van der Waals surface area contributed by atoms with Crippen molar-refractivity contribution < 1.29 is 4.79 Å². The molecule has 0 spiro atoms. The Morgan fingerprint density at radius 2 is 2.16 bits per heavy atom. The summed E-state index contributed by atoms with van der Waals surface area (Å²) in [5, 5.41) is 0. The average molecular weight is 339 g/mol. The van der Waals surface area contributed by atoms with Crippen molar-refractivity contribution in [2.45, 2.75) is 58.9 Å². The van der Waals surface area contributed by atoms with Crippen molar-refractivity contribution in [3.05, 3.63) is 53.1 Å². The van der Waals surface area contributed by atoms with Gasteiger partial charge in [0, 0.05) is 43.5 Å². The maximum Gasteiger partial charge on any atom is 0.254 e. The number of hydrogen-bond donors (Lipinski definition) is 0. The first kappa shape index (κ1) is 17.7. The number of aryl methyl sites for hydroxylation is 3. The van der Waals surface area contributed by atoms with Gasteiger partial charge in [-0.3, -0.25) is 4.79 Å². The molecular weight excluding hydrogens is 310 g/mol. The SMILES string of the molecule is CCCCn1ccnc1[C@H]1CCCN(C(=O)c2ccc(C)cc2C)C1. The highest BCUT2D eigenvalue weighted by atomic mass is 16.2. The molecule has 4 nitrogen and oxygen atoms in total. The third-order valence-electron chi connectivity index (χ3n) is 5.19. The zero-order valence-electron chi connectivity index (χ0n) is 15.7. The number of unbranched alkanes of at least 4 members (excludes halogenated alkanes) is 1. The monoisotopic (exact) mass is 339 g/mol. The second kappa shape index (κ2) is 7.85. The Balaban J connectivity index is 1.75. The summed E-state index contributed by atoms with van der Waals surface area (Å²) in [4.78, 5) is 19.6. The molecule has 0 aliphatic carbocycles. The minimum atomic E-state index is 0.161. The largest absolute Gasteiger partial charge is 0.338 e. The Morgan fingerprint density at radius 1 is 1.32 bits per heavy atom. The lowest BCUT2D eigenvalue weighted by Crippen LogP contribution is -2.40. The number of amides is 1. The van der Waals surface area contributed by atoms with Crippen molar-refractivity contribution in [3.8, 4) is 0 Å². The van der Waals surface area contributed by atoms with Gasteiger partial charge in [0.1, 0.15) is 5.82 Å². The van der Waals surface area contributed by atoms with E-state index in [0.29, 0.717) is 5.92 Å². The molecule has 1 aliphatic rings. The quantitative estimate of drug-likeness (QED) is 0.813. The van der Waals surface area contributed by atoms with Crippen LogP contribution < -0.4 is 0 Å². The second-order valence-electron chi connectivity index (χ2n) is 7.24. The Bertz CT molecular complexity index is 734. The van der Waals surface area contributed by atoms with Crippen molar-refractivity contribution in [1.29, 1.82) is 0 Å². The predicted octanol–water partition coefficient (Wildman–Crippen LogP) is 4.32. The van der Waals surface area contributed by atoms with Crippen molar-refractivity contribution in [2.24, 2.45) is 0 Å². The molecule has 1 fully saturated rings. The molecule has 0 N–H and O–H groups in total. The first-order valence-corrected chi connectivity index (χ1v) is 9.47. The van der Waals surface area contributed by atoms with E-state index in [1.807, 2.05) is 30.2 Å². The van der Waals surface area contributed by atoms with E-state index < -0.39 is 0 Å². The summed E-state index contributed by atoms with van der Waals surface area (Å²) >= 11 is 0. The lowest BCUT2D eigenvalue weighted by molar-refractivity contribution is 0.0702. The molecule has 1 aliphatic heterocycles. The summed E-state index contributed by atoms with van der Waals surface area (Å²) in [6.45, 7) is 8.94. The van der Waals surface area contributed by atoms with Gasteiger partial charge in [0.2, 0.25) is 0 Å². The van der Waals surface area contributed by atoms with Crippen LogP contribution in [0.15, 0.2) is 30.6 Å². The van der Waals surface area contributed by atoms with Crippen LogP contribution in [0.25, 0.3) is 0 Å². The predicted molar refractivity (Wildman–Crippen MR) is 101 cm³/mol. The highest BCUT2D eigenvalue weighted by Gasteiger charge is 2.28. The summed E-state index contributed by atoms with van der Waals surface area (Å²) in [6.07, 6.45) is 8.48. The van der Waals surface area contributed by atoms with E-state index >= 15 is 0 Å². The van der Waals surface area contributed by atoms with E-state index in [1.165, 1.54) is 18.4 Å². The Morgan fingerprint density at radius 3 is 2.92 bits per heavy atom. The third kappa shape index (κ3) is 3.94. The van der Waals surface area contributed by atoms with Crippen LogP contribution in [-0.4, -0.2) is 33.4 Å². The van der Waals surface area contributed by atoms with Gasteiger partial charge >= 0.3 is 0 Å². The molecule has 2 heterocycles. The van der Waals surface area contributed by atoms with Gasteiger partial charge in [-0.1, -0.05) is 31.0 Å². The van der Waals surface area contributed by atoms with E-state index in [-0.39, 0.29) is 5.91 Å². The van der Waals surface area contributed by atoms with Crippen molar-refractivity contribution in [2.75, 3.05) is 13.1 Å². The number of likely N-dealkylation sites (tertiary alicyclic amines) is 1. The van der Waals surface area contributed by atoms with Gasteiger partial charge in [-0.15, -0.1) is 0 Å². The highest BCUT2D eigenvalue weighted by Crippen LogP contribution is 2.27. The molecule has 1 saturated heterocycles.